The van der Waals surface area contributed by atoms with Crippen molar-refractivity contribution in [1.82, 2.24) is 9.80 Å². The summed E-state index contributed by atoms with van der Waals surface area (Å²) in [6, 6.07) is 6.27. The number of fused-ring (bicyclic) bond motifs is 1. The number of carboxylic acids is 1. The first kappa shape index (κ1) is 27.3. The predicted molar refractivity (Wildman–Crippen MR) is 134 cm³/mol. The van der Waals surface area contributed by atoms with Crippen molar-refractivity contribution in [2.45, 2.75) is 32.1 Å². The van der Waals surface area contributed by atoms with Gasteiger partial charge in [-0.3, -0.25) is 19.3 Å². The van der Waals surface area contributed by atoms with Gasteiger partial charge in [0.15, 0.2) is 0 Å². The minimum Gasteiger partial charge on any atom is -0.497 e. The second-order valence-corrected chi connectivity index (χ2v) is 14.9. The number of carboxylic acid groups (broad SMARTS) is 1. The number of hydrogen-bond acceptors (Lipinski definition) is 5. The van der Waals surface area contributed by atoms with E-state index in [1.807, 2.05) is 19.6 Å². The van der Waals surface area contributed by atoms with Crippen LogP contribution >= 0.6 is 0 Å². The van der Waals surface area contributed by atoms with Crippen molar-refractivity contribution < 1.29 is 33.0 Å². The summed E-state index contributed by atoms with van der Waals surface area (Å²) in [7, 11) is 0.718. The molecular formula is C25H31F2N3O5Si. The van der Waals surface area contributed by atoms with Crippen LogP contribution in [0.25, 0.3) is 0 Å². The van der Waals surface area contributed by atoms with E-state index in [-0.39, 0.29) is 30.5 Å². The fourth-order valence-corrected chi connectivity index (χ4v) is 6.04. The molecule has 0 radical (unpaired) electrons. The Kier molecular flexibility index (Phi) is 8.14. The quantitative estimate of drug-likeness (QED) is 0.521. The zero-order chi connectivity index (χ0) is 26.8. The summed E-state index contributed by atoms with van der Waals surface area (Å²) in [6.45, 7) is 5.12. The molecule has 2 N–H and O–H groups in total. The van der Waals surface area contributed by atoms with Gasteiger partial charge in [0, 0.05) is 17.4 Å². The lowest BCUT2D eigenvalue weighted by atomic mass is 9.91. The van der Waals surface area contributed by atoms with E-state index < -0.39 is 43.5 Å². The van der Waals surface area contributed by atoms with Crippen LogP contribution in [0.2, 0.25) is 19.6 Å². The third-order valence-electron chi connectivity index (χ3n) is 6.02. The Balaban J connectivity index is 1.95. The number of carbonyl (C=O) groups excluding carboxylic acids is 2. The molecule has 1 aliphatic rings. The van der Waals surface area contributed by atoms with Gasteiger partial charge in [0.05, 0.1) is 28.3 Å². The summed E-state index contributed by atoms with van der Waals surface area (Å²) < 4.78 is 34.8. The molecule has 2 aromatic carbocycles. The lowest BCUT2D eigenvalue weighted by Gasteiger charge is -2.37. The van der Waals surface area contributed by atoms with E-state index in [0.29, 0.717) is 17.7 Å². The maximum Gasteiger partial charge on any atom is 0.317 e. The van der Waals surface area contributed by atoms with E-state index >= 15 is 0 Å². The van der Waals surface area contributed by atoms with E-state index in [1.165, 1.54) is 24.0 Å². The van der Waals surface area contributed by atoms with Crippen LogP contribution in [-0.2, 0) is 20.8 Å². The Morgan fingerprint density at radius 2 is 1.78 bits per heavy atom. The van der Waals surface area contributed by atoms with Gasteiger partial charge in [-0.05, 0) is 48.9 Å². The zero-order valence-electron chi connectivity index (χ0n) is 21.0. The van der Waals surface area contributed by atoms with Crippen LogP contribution in [0.3, 0.4) is 0 Å². The number of amides is 2. The molecule has 1 aliphatic heterocycles. The molecule has 0 unspecified atom stereocenters. The second-order valence-electron chi connectivity index (χ2n) is 9.92. The fourth-order valence-electron chi connectivity index (χ4n) is 4.46. The smallest absolute Gasteiger partial charge is 0.317 e. The normalized spacial score (nSPS) is 15.4. The molecule has 0 aromatic heterocycles. The van der Waals surface area contributed by atoms with Crippen LogP contribution in [0.4, 0.5) is 14.5 Å². The third-order valence-corrected chi connectivity index (χ3v) is 7.99. The molecule has 3 rings (SSSR count). The monoisotopic (exact) mass is 519 g/mol. The SMILES string of the molecule is COc1ccc2c(c1)CCN(C(=O)CN(C)CC(=O)O)[C@H]2C(=O)Nc1cc(F)c([Si](C)(C)C)c(F)c1. The third kappa shape index (κ3) is 6.08. The van der Waals surface area contributed by atoms with Gasteiger partial charge in [0.2, 0.25) is 5.91 Å². The number of methoxy groups -OCH3 is 1. The first-order chi connectivity index (χ1) is 16.8. The fraction of sp³-hybridized carbons (Fsp3) is 0.400. The highest BCUT2D eigenvalue weighted by Gasteiger charge is 2.37. The lowest BCUT2D eigenvalue weighted by Crippen LogP contribution is -2.49. The molecular weight excluding hydrogens is 488 g/mol. The molecule has 1 atom stereocenters. The Hall–Kier alpha value is -3.31. The van der Waals surface area contributed by atoms with Gasteiger partial charge >= 0.3 is 5.97 Å². The minimum absolute atomic E-state index is 0.0481. The number of nitrogens with zero attached hydrogens (tertiary/aromatic N) is 2. The van der Waals surface area contributed by atoms with Crippen molar-refractivity contribution >= 4 is 36.7 Å². The molecule has 36 heavy (non-hydrogen) atoms. The van der Waals surface area contributed by atoms with Gasteiger partial charge < -0.3 is 20.1 Å². The average Bonchev–Trinajstić information content (AvgIpc) is 2.75. The number of rotatable bonds is 8. The summed E-state index contributed by atoms with van der Waals surface area (Å²) in [6.07, 6.45) is 0.457. The van der Waals surface area contributed by atoms with E-state index in [4.69, 9.17) is 9.84 Å². The molecule has 0 saturated heterocycles. The summed E-state index contributed by atoms with van der Waals surface area (Å²) in [4.78, 5) is 40.3. The first-order valence-corrected chi connectivity index (χ1v) is 15.0. The van der Waals surface area contributed by atoms with Crippen LogP contribution in [0.5, 0.6) is 5.75 Å². The van der Waals surface area contributed by atoms with E-state index in [2.05, 4.69) is 5.32 Å². The van der Waals surface area contributed by atoms with Crippen molar-refractivity contribution in [2.24, 2.45) is 0 Å². The molecule has 2 amide bonds. The number of ether oxygens (including phenoxy) is 1. The van der Waals surface area contributed by atoms with Crippen molar-refractivity contribution in [3.63, 3.8) is 0 Å². The number of aliphatic carboxylic acids is 1. The number of hydrogen-bond donors (Lipinski definition) is 2. The molecule has 0 spiro atoms. The number of carbonyl (C=O) groups is 3. The Morgan fingerprint density at radius 3 is 2.33 bits per heavy atom. The second kappa shape index (κ2) is 10.7. The molecule has 0 fully saturated rings. The maximum atomic E-state index is 14.8. The van der Waals surface area contributed by atoms with E-state index in [0.717, 1.165) is 17.7 Å². The van der Waals surface area contributed by atoms with Gasteiger partial charge in [-0.25, -0.2) is 8.78 Å². The highest BCUT2D eigenvalue weighted by Crippen LogP contribution is 2.33. The van der Waals surface area contributed by atoms with Crippen molar-refractivity contribution in [3.05, 3.63) is 53.1 Å². The molecule has 8 nitrogen and oxygen atoms in total. The number of nitrogens with one attached hydrogen (secondary N) is 1. The minimum atomic E-state index is -2.30. The molecule has 194 valence electrons. The van der Waals surface area contributed by atoms with Crippen LogP contribution < -0.4 is 15.2 Å². The van der Waals surface area contributed by atoms with Gasteiger partial charge in [0.1, 0.15) is 23.4 Å². The number of halogens is 2. The highest BCUT2D eigenvalue weighted by atomic mass is 28.3. The van der Waals surface area contributed by atoms with Gasteiger partial charge in [-0.15, -0.1) is 0 Å². The maximum absolute atomic E-state index is 14.8. The van der Waals surface area contributed by atoms with Gasteiger partial charge in [-0.1, -0.05) is 25.7 Å². The highest BCUT2D eigenvalue weighted by molar-refractivity contribution is 6.88. The number of anilines is 1. The average molecular weight is 520 g/mol. The molecule has 0 saturated carbocycles. The van der Waals surface area contributed by atoms with Crippen LogP contribution in [0.1, 0.15) is 17.2 Å². The molecule has 11 heteroatoms. The molecule has 2 aromatic rings. The molecule has 0 aliphatic carbocycles. The van der Waals surface area contributed by atoms with Gasteiger partial charge in [-0.2, -0.15) is 0 Å². The van der Waals surface area contributed by atoms with E-state index in [1.54, 1.807) is 18.2 Å². The molecule has 0 bridgehead atoms. The van der Waals surface area contributed by atoms with Crippen molar-refractivity contribution in [2.75, 3.05) is 39.1 Å². The first-order valence-electron chi connectivity index (χ1n) is 11.5. The summed E-state index contributed by atoms with van der Waals surface area (Å²) in [5.41, 5.74) is 1.32. The summed E-state index contributed by atoms with van der Waals surface area (Å²) in [5, 5.41) is 11.6. The lowest BCUT2D eigenvalue weighted by molar-refractivity contribution is -0.142. The Bertz CT molecular complexity index is 1160. The summed E-state index contributed by atoms with van der Waals surface area (Å²) >= 11 is 0. The number of benzene rings is 2. The standard InChI is InChI=1S/C25H31F2N3O5Si/c1-29(14-22(32)33)13-21(31)30-9-8-15-10-17(35-2)6-7-18(15)23(30)25(34)28-16-11-19(26)24(20(27)12-16)36(3,4)5/h6-7,10-12,23H,8-9,13-14H2,1-5H3,(H,28,34)(H,32,33)/t23-/m1/s1. The number of likely N-dealkylation sites (N-methyl/N-ethyl adjacent to an activating group) is 1. The van der Waals surface area contributed by atoms with Gasteiger partial charge in [0.25, 0.3) is 5.91 Å². The summed E-state index contributed by atoms with van der Waals surface area (Å²) in [5.74, 6) is -2.99. The topological polar surface area (TPSA) is 99.2 Å². The van der Waals surface area contributed by atoms with Crippen LogP contribution in [0.15, 0.2) is 30.3 Å². The zero-order valence-corrected chi connectivity index (χ0v) is 22.0. The van der Waals surface area contributed by atoms with Crippen molar-refractivity contribution in [3.8, 4) is 5.75 Å². The van der Waals surface area contributed by atoms with Crippen LogP contribution in [-0.4, -0.2) is 74.6 Å². The predicted octanol–water partition coefficient (Wildman–Crippen LogP) is 2.60. The van der Waals surface area contributed by atoms with Crippen LogP contribution in [0, 0.1) is 11.6 Å². The largest absolute Gasteiger partial charge is 0.497 e. The Morgan fingerprint density at radius 1 is 1.14 bits per heavy atom. The van der Waals surface area contributed by atoms with E-state index in [9.17, 15) is 23.2 Å². The molecule has 1 heterocycles. The Labute approximate surface area is 209 Å². The van der Waals surface area contributed by atoms with Crippen molar-refractivity contribution in [1.29, 1.82) is 0 Å².